The molecule has 144 valence electrons. The molecule has 3 amide bonds. The molecule has 1 saturated carbocycles. The van der Waals surface area contributed by atoms with Crippen molar-refractivity contribution in [2.45, 2.75) is 52.1 Å². The Hall–Kier alpha value is -2.90. The van der Waals surface area contributed by atoms with Gasteiger partial charge in [0, 0.05) is 23.3 Å². The van der Waals surface area contributed by atoms with E-state index in [1.165, 1.54) is 6.33 Å². The Balaban J connectivity index is 1.56. The quantitative estimate of drug-likeness (QED) is 0.728. The smallest absolute Gasteiger partial charge is 0.319 e. The Kier molecular flexibility index (Phi) is 6.05. The number of nitrogens with one attached hydrogen (secondary N) is 3. The zero-order chi connectivity index (χ0) is 19.2. The van der Waals surface area contributed by atoms with Crippen LogP contribution in [0.5, 0.6) is 0 Å². The third kappa shape index (κ3) is 5.29. The third-order valence-electron chi connectivity index (χ3n) is 4.78. The van der Waals surface area contributed by atoms with E-state index in [2.05, 4.69) is 26.0 Å². The third-order valence-corrected chi connectivity index (χ3v) is 4.78. The van der Waals surface area contributed by atoms with Gasteiger partial charge in [-0.05, 0) is 44.4 Å². The van der Waals surface area contributed by atoms with Crippen LogP contribution < -0.4 is 16.0 Å². The van der Waals surface area contributed by atoms with E-state index in [9.17, 15) is 9.59 Å². The summed E-state index contributed by atoms with van der Waals surface area (Å²) in [5.74, 6) is 0.164. The summed E-state index contributed by atoms with van der Waals surface area (Å²) in [5, 5.41) is 12.7. The number of aryl methyl sites for hydroxylation is 1. The number of urea groups is 1. The van der Waals surface area contributed by atoms with E-state index in [1.807, 2.05) is 26.0 Å². The van der Waals surface area contributed by atoms with E-state index < -0.39 is 0 Å². The summed E-state index contributed by atoms with van der Waals surface area (Å²) in [4.78, 5) is 28.5. The van der Waals surface area contributed by atoms with Crippen LogP contribution in [0.15, 0.2) is 30.9 Å². The normalized spacial score (nSPS) is 15.3. The molecular weight excluding hydrogens is 344 g/mol. The molecule has 2 aromatic rings. The molecule has 1 aliphatic rings. The average molecular weight is 370 g/mol. The van der Waals surface area contributed by atoms with Gasteiger partial charge in [-0.25, -0.2) is 9.78 Å². The van der Waals surface area contributed by atoms with E-state index in [4.69, 9.17) is 0 Å². The van der Waals surface area contributed by atoms with Gasteiger partial charge >= 0.3 is 6.03 Å². The molecule has 8 nitrogen and oxygen atoms in total. The number of nitrogens with zero attached hydrogens (tertiary/aromatic N) is 3. The van der Waals surface area contributed by atoms with Gasteiger partial charge in [-0.15, -0.1) is 0 Å². The maximum absolute atomic E-state index is 12.3. The van der Waals surface area contributed by atoms with Gasteiger partial charge in [0.2, 0.25) is 5.91 Å². The molecule has 0 saturated heterocycles. The monoisotopic (exact) mass is 370 g/mol. The van der Waals surface area contributed by atoms with Crippen LogP contribution in [0, 0.1) is 12.8 Å². The standard InChI is InChI=1S/C19H26N6O2/c1-13-7-8-16(23-18(26)15-5-3-4-6-15)9-17(13)24-19(27)22-14(2)10-25-12-20-11-21-25/h7-9,11-12,14-15H,3-6,10H2,1-2H3,(H,23,26)(H2,22,24,27)/t14-/m1/s1. The summed E-state index contributed by atoms with van der Waals surface area (Å²) >= 11 is 0. The highest BCUT2D eigenvalue weighted by Gasteiger charge is 2.22. The van der Waals surface area contributed by atoms with Gasteiger partial charge in [0.25, 0.3) is 0 Å². The Bertz CT molecular complexity index is 784. The second-order valence-corrected chi connectivity index (χ2v) is 7.12. The Morgan fingerprint density at radius 1 is 1.26 bits per heavy atom. The predicted octanol–water partition coefficient (Wildman–Crippen LogP) is 2.93. The molecule has 0 bridgehead atoms. The van der Waals surface area contributed by atoms with Crippen molar-refractivity contribution < 1.29 is 9.59 Å². The topological polar surface area (TPSA) is 101 Å². The molecule has 1 atom stereocenters. The number of carbonyl (C=O) groups excluding carboxylic acids is 2. The first-order valence-corrected chi connectivity index (χ1v) is 9.32. The van der Waals surface area contributed by atoms with Gasteiger partial charge in [0.15, 0.2) is 0 Å². The Morgan fingerprint density at radius 2 is 2.04 bits per heavy atom. The van der Waals surface area contributed by atoms with Gasteiger partial charge < -0.3 is 16.0 Å². The lowest BCUT2D eigenvalue weighted by Gasteiger charge is -2.16. The molecule has 0 aliphatic heterocycles. The van der Waals surface area contributed by atoms with Crippen molar-refractivity contribution in [1.82, 2.24) is 20.1 Å². The average Bonchev–Trinajstić information content (AvgIpc) is 3.31. The van der Waals surface area contributed by atoms with Crippen molar-refractivity contribution in [1.29, 1.82) is 0 Å². The molecule has 0 unspecified atom stereocenters. The lowest BCUT2D eigenvalue weighted by molar-refractivity contribution is -0.119. The van der Waals surface area contributed by atoms with Crippen LogP contribution in [0.25, 0.3) is 0 Å². The van der Waals surface area contributed by atoms with Gasteiger partial charge in [0.05, 0.1) is 6.54 Å². The predicted molar refractivity (Wildman–Crippen MR) is 103 cm³/mol. The van der Waals surface area contributed by atoms with Crippen molar-refractivity contribution in [3.05, 3.63) is 36.4 Å². The maximum atomic E-state index is 12.3. The summed E-state index contributed by atoms with van der Waals surface area (Å²) in [6, 6.07) is 5.13. The highest BCUT2D eigenvalue weighted by Crippen LogP contribution is 2.27. The summed E-state index contributed by atoms with van der Waals surface area (Å²) < 4.78 is 1.66. The van der Waals surface area contributed by atoms with Crippen LogP contribution in [0.3, 0.4) is 0 Å². The number of hydrogen-bond donors (Lipinski definition) is 3. The van der Waals surface area contributed by atoms with Crippen LogP contribution in [-0.4, -0.2) is 32.7 Å². The van der Waals surface area contributed by atoms with Crippen LogP contribution in [0.4, 0.5) is 16.2 Å². The minimum absolute atomic E-state index is 0.0632. The van der Waals surface area contributed by atoms with Gasteiger partial charge in [-0.2, -0.15) is 5.10 Å². The maximum Gasteiger partial charge on any atom is 0.319 e. The fourth-order valence-corrected chi connectivity index (χ4v) is 3.30. The highest BCUT2D eigenvalue weighted by atomic mass is 16.2. The molecule has 1 aliphatic carbocycles. The summed E-state index contributed by atoms with van der Waals surface area (Å²) in [6.45, 7) is 4.34. The number of carbonyl (C=O) groups is 2. The zero-order valence-corrected chi connectivity index (χ0v) is 15.7. The molecule has 3 N–H and O–H groups in total. The van der Waals surface area contributed by atoms with Crippen molar-refractivity contribution in [2.75, 3.05) is 10.6 Å². The first kappa shape index (κ1) is 18.9. The number of amides is 3. The molecule has 1 heterocycles. The van der Waals surface area contributed by atoms with Crippen molar-refractivity contribution in [2.24, 2.45) is 5.92 Å². The molecule has 1 fully saturated rings. The second-order valence-electron chi connectivity index (χ2n) is 7.12. The fourth-order valence-electron chi connectivity index (χ4n) is 3.30. The number of anilines is 2. The van der Waals surface area contributed by atoms with Crippen LogP contribution in [0.2, 0.25) is 0 Å². The summed E-state index contributed by atoms with van der Waals surface area (Å²) in [5.41, 5.74) is 2.29. The Labute approximate surface area is 158 Å². The van der Waals surface area contributed by atoms with E-state index >= 15 is 0 Å². The molecule has 0 spiro atoms. The minimum atomic E-state index is -0.301. The van der Waals surface area contributed by atoms with Gasteiger partial charge in [-0.3, -0.25) is 9.48 Å². The first-order valence-electron chi connectivity index (χ1n) is 9.32. The van der Waals surface area contributed by atoms with Gasteiger partial charge in [-0.1, -0.05) is 18.9 Å². The molecular formula is C19H26N6O2. The molecule has 3 rings (SSSR count). The summed E-state index contributed by atoms with van der Waals surface area (Å²) in [6.07, 6.45) is 7.21. The lowest BCUT2D eigenvalue weighted by atomic mass is 10.1. The molecule has 1 aromatic heterocycles. The molecule has 27 heavy (non-hydrogen) atoms. The zero-order valence-electron chi connectivity index (χ0n) is 15.7. The van der Waals surface area contributed by atoms with Crippen LogP contribution >= 0.6 is 0 Å². The Morgan fingerprint density at radius 3 is 2.74 bits per heavy atom. The number of aromatic nitrogens is 3. The fraction of sp³-hybridized carbons (Fsp3) is 0.474. The number of benzene rings is 1. The van der Waals surface area contributed by atoms with E-state index in [0.29, 0.717) is 17.9 Å². The van der Waals surface area contributed by atoms with E-state index in [-0.39, 0.29) is 23.9 Å². The van der Waals surface area contributed by atoms with E-state index in [0.717, 1.165) is 31.2 Å². The lowest BCUT2D eigenvalue weighted by Crippen LogP contribution is -2.38. The highest BCUT2D eigenvalue weighted by molar-refractivity contribution is 5.95. The van der Waals surface area contributed by atoms with Crippen LogP contribution in [-0.2, 0) is 11.3 Å². The van der Waals surface area contributed by atoms with Crippen LogP contribution in [0.1, 0.15) is 38.2 Å². The number of rotatable bonds is 6. The minimum Gasteiger partial charge on any atom is -0.334 e. The molecule has 8 heteroatoms. The van der Waals surface area contributed by atoms with Gasteiger partial charge in [0.1, 0.15) is 12.7 Å². The molecule has 1 aromatic carbocycles. The van der Waals surface area contributed by atoms with Crippen molar-refractivity contribution in [3.63, 3.8) is 0 Å². The van der Waals surface area contributed by atoms with E-state index in [1.54, 1.807) is 17.1 Å². The molecule has 0 radical (unpaired) electrons. The van der Waals surface area contributed by atoms with Crippen molar-refractivity contribution in [3.8, 4) is 0 Å². The number of hydrogen-bond acceptors (Lipinski definition) is 4. The first-order chi connectivity index (χ1) is 13.0. The largest absolute Gasteiger partial charge is 0.334 e. The SMILES string of the molecule is Cc1ccc(NC(=O)C2CCCC2)cc1NC(=O)N[C@H](C)Cn1cncn1. The summed E-state index contributed by atoms with van der Waals surface area (Å²) in [7, 11) is 0. The van der Waals surface area contributed by atoms with Crippen molar-refractivity contribution >= 4 is 23.3 Å². The second kappa shape index (κ2) is 8.66.